The maximum atomic E-state index is 12.8. The molecule has 0 unspecified atom stereocenters. The van der Waals surface area contributed by atoms with Crippen molar-refractivity contribution in [2.75, 3.05) is 19.0 Å². The van der Waals surface area contributed by atoms with E-state index in [1.807, 2.05) is 0 Å². The van der Waals surface area contributed by atoms with E-state index >= 15 is 0 Å². The van der Waals surface area contributed by atoms with Gasteiger partial charge in [-0.1, -0.05) is 0 Å². The largest absolute Gasteiger partial charge is 0.465 e. The number of carbonyl (C=O) groups is 3. The van der Waals surface area contributed by atoms with Gasteiger partial charge >= 0.3 is 18.1 Å². The normalized spacial score (nSPS) is 11.3. The lowest BCUT2D eigenvalue weighted by atomic mass is 10.1. The first kappa shape index (κ1) is 22.4. The van der Waals surface area contributed by atoms with Gasteiger partial charge in [0.15, 0.2) is 5.69 Å². The maximum Gasteiger partial charge on any atom is 0.435 e. The summed E-state index contributed by atoms with van der Waals surface area (Å²) in [5, 5.41) is 5.85. The van der Waals surface area contributed by atoms with Crippen molar-refractivity contribution in [3.05, 3.63) is 33.5 Å². The Morgan fingerprint density at radius 3 is 2.41 bits per heavy atom. The number of aryl methyl sites for hydroxylation is 1. The quantitative estimate of drug-likeness (QED) is 0.703. The monoisotopic (exact) mass is 433 g/mol. The van der Waals surface area contributed by atoms with Crippen LogP contribution in [0.1, 0.15) is 43.9 Å². The number of hydrogen-bond donors (Lipinski definition) is 1. The fraction of sp³-hybridized carbons (Fsp3) is 0.412. The van der Waals surface area contributed by atoms with Crippen LogP contribution >= 0.6 is 11.3 Å². The first-order valence-electron chi connectivity index (χ1n) is 8.29. The first-order valence-corrected chi connectivity index (χ1v) is 9.11. The van der Waals surface area contributed by atoms with E-state index in [4.69, 9.17) is 9.47 Å². The highest BCUT2D eigenvalue weighted by molar-refractivity contribution is 7.18. The number of halogens is 3. The van der Waals surface area contributed by atoms with Crippen LogP contribution in [-0.2, 0) is 27.0 Å². The second-order valence-electron chi connectivity index (χ2n) is 5.85. The Balaban J connectivity index is 2.30. The summed E-state index contributed by atoms with van der Waals surface area (Å²) in [5.74, 6) is -2.18. The fourth-order valence-electron chi connectivity index (χ4n) is 2.45. The number of nitrogens with one attached hydrogen (secondary N) is 1. The number of hydrogen-bond acceptors (Lipinski definition) is 7. The molecule has 0 aliphatic heterocycles. The van der Waals surface area contributed by atoms with Crippen molar-refractivity contribution < 1.29 is 37.0 Å². The summed E-state index contributed by atoms with van der Waals surface area (Å²) < 4.78 is 48.8. The Bertz CT molecular complexity index is 949. The molecule has 2 heterocycles. The van der Waals surface area contributed by atoms with Crippen molar-refractivity contribution in [1.82, 2.24) is 9.78 Å². The van der Waals surface area contributed by atoms with E-state index in [9.17, 15) is 27.6 Å². The molecule has 29 heavy (non-hydrogen) atoms. The summed E-state index contributed by atoms with van der Waals surface area (Å²) in [6.45, 7) is 4.09. The predicted octanol–water partition coefficient (Wildman–Crippen LogP) is 3.18. The summed E-state index contributed by atoms with van der Waals surface area (Å²) in [6, 6.07) is 0.821. The Morgan fingerprint density at radius 1 is 1.24 bits per heavy atom. The number of esters is 2. The molecule has 0 bridgehead atoms. The Kier molecular flexibility index (Phi) is 6.67. The van der Waals surface area contributed by atoms with Crippen LogP contribution in [0.2, 0.25) is 0 Å². The Morgan fingerprint density at radius 2 is 1.90 bits per heavy atom. The zero-order valence-electron chi connectivity index (χ0n) is 16.0. The van der Waals surface area contributed by atoms with Gasteiger partial charge in [-0.15, -0.1) is 11.3 Å². The molecule has 158 valence electrons. The topological polar surface area (TPSA) is 99.5 Å². The minimum Gasteiger partial charge on any atom is -0.465 e. The van der Waals surface area contributed by atoms with Crippen LogP contribution in [-0.4, -0.2) is 41.3 Å². The smallest absolute Gasteiger partial charge is 0.435 e. The average Bonchev–Trinajstić information content (AvgIpc) is 3.14. The number of anilines is 1. The molecule has 0 fully saturated rings. The van der Waals surface area contributed by atoms with Crippen molar-refractivity contribution >= 4 is 34.2 Å². The average molecular weight is 433 g/mol. The fourth-order valence-corrected chi connectivity index (χ4v) is 3.56. The third-order valence-corrected chi connectivity index (χ3v) is 5.00. The van der Waals surface area contributed by atoms with Crippen LogP contribution in [0.3, 0.4) is 0 Å². The third kappa shape index (κ3) is 4.94. The van der Waals surface area contributed by atoms with Crippen molar-refractivity contribution in [2.45, 2.75) is 33.5 Å². The lowest BCUT2D eigenvalue weighted by molar-refractivity contribution is -0.141. The van der Waals surface area contributed by atoms with E-state index in [0.29, 0.717) is 0 Å². The molecule has 12 heteroatoms. The number of rotatable bonds is 6. The molecule has 0 aliphatic carbocycles. The number of nitrogens with zero attached hydrogens (tertiary/aromatic N) is 2. The number of amides is 1. The number of ether oxygens (including phenoxy) is 2. The van der Waals surface area contributed by atoms with Crippen molar-refractivity contribution in [1.29, 1.82) is 0 Å². The van der Waals surface area contributed by atoms with E-state index in [2.05, 4.69) is 10.4 Å². The van der Waals surface area contributed by atoms with Gasteiger partial charge in [-0.25, -0.2) is 9.59 Å². The highest BCUT2D eigenvalue weighted by Crippen LogP contribution is 2.34. The molecule has 1 amide bonds. The van der Waals surface area contributed by atoms with Gasteiger partial charge in [0, 0.05) is 5.69 Å². The lowest BCUT2D eigenvalue weighted by Gasteiger charge is -2.07. The molecule has 0 spiro atoms. The van der Waals surface area contributed by atoms with Crippen LogP contribution in [0.4, 0.5) is 18.2 Å². The maximum absolute atomic E-state index is 12.8. The molecule has 0 aromatic carbocycles. The van der Waals surface area contributed by atoms with Crippen LogP contribution in [0.5, 0.6) is 0 Å². The van der Waals surface area contributed by atoms with Gasteiger partial charge in [0.1, 0.15) is 16.4 Å². The SMILES string of the molecule is CCOC(=O)c1sc(NC(=O)Cn2nc(C(F)(F)F)cc2C)c(C(=O)OC)c1C. The molecular weight excluding hydrogens is 415 g/mol. The third-order valence-electron chi connectivity index (χ3n) is 3.82. The standard InChI is InChI=1S/C17H18F3N3O5S/c1-5-28-16(26)13-9(3)12(15(25)27-4)14(29-13)21-11(24)7-23-8(2)6-10(22-23)17(18,19)20/h6H,5,7H2,1-4H3,(H,21,24). The van der Waals surface area contributed by atoms with E-state index in [1.54, 1.807) is 6.92 Å². The second kappa shape index (κ2) is 8.64. The van der Waals surface area contributed by atoms with Crippen molar-refractivity contribution in [3.8, 4) is 0 Å². The molecular formula is C17H18F3N3O5S. The minimum absolute atomic E-state index is 0.0259. The van der Waals surface area contributed by atoms with E-state index < -0.39 is 36.3 Å². The Labute approximate surface area is 167 Å². The highest BCUT2D eigenvalue weighted by Gasteiger charge is 2.34. The van der Waals surface area contributed by atoms with E-state index in [1.165, 1.54) is 13.8 Å². The molecule has 0 saturated carbocycles. The highest BCUT2D eigenvalue weighted by atomic mass is 32.1. The zero-order chi connectivity index (χ0) is 21.9. The van der Waals surface area contributed by atoms with Gasteiger partial charge in [0.05, 0.1) is 19.3 Å². The first-order chi connectivity index (χ1) is 13.5. The summed E-state index contributed by atoms with van der Waals surface area (Å²) in [5.41, 5.74) is -0.739. The summed E-state index contributed by atoms with van der Waals surface area (Å²) >= 11 is 0.813. The van der Waals surface area contributed by atoms with Crippen LogP contribution in [0.25, 0.3) is 0 Å². The van der Waals surface area contributed by atoms with Gasteiger partial charge < -0.3 is 14.8 Å². The van der Waals surface area contributed by atoms with Gasteiger partial charge in [-0.05, 0) is 32.4 Å². The molecule has 0 saturated heterocycles. The molecule has 0 aliphatic rings. The van der Waals surface area contributed by atoms with Crippen molar-refractivity contribution in [3.63, 3.8) is 0 Å². The minimum atomic E-state index is -4.63. The molecule has 2 aromatic heterocycles. The van der Waals surface area contributed by atoms with Gasteiger partial charge in [0.2, 0.25) is 5.91 Å². The zero-order valence-corrected chi connectivity index (χ0v) is 16.8. The van der Waals surface area contributed by atoms with Crippen LogP contribution in [0.15, 0.2) is 6.07 Å². The Hall–Kier alpha value is -2.89. The number of methoxy groups -OCH3 is 1. The number of carbonyl (C=O) groups excluding carboxylic acids is 3. The number of thiophene rings is 1. The van der Waals surface area contributed by atoms with Crippen molar-refractivity contribution in [2.24, 2.45) is 0 Å². The molecule has 0 radical (unpaired) electrons. The molecule has 0 atom stereocenters. The molecule has 8 nitrogen and oxygen atoms in total. The van der Waals surface area contributed by atoms with E-state index in [0.717, 1.165) is 29.2 Å². The number of alkyl halides is 3. The van der Waals surface area contributed by atoms with E-state index in [-0.39, 0.29) is 33.3 Å². The molecule has 2 aromatic rings. The number of aromatic nitrogens is 2. The molecule has 1 N–H and O–H groups in total. The van der Waals surface area contributed by atoms with Gasteiger partial charge in [0.25, 0.3) is 0 Å². The predicted molar refractivity (Wildman–Crippen MR) is 96.9 cm³/mol. The summed E-state index contributed by atoms with van der Waals surface area (Å²) in [7, 11) is 1.14. The van der Waals surface area contributed by atoms with Gasteiger partial charge in [-0.2, -0.15) is 18.3 Å². The van der Waals surface area contributed by atoms with Gasteiger partial charge in [-0.3, -0.25) is 9.48 Å². The lowest BCUT2D eigenvalue weighted by Crippen LogP contribution is -2.21. The summed E-state index contributed by atoms with van der Waals surface area (Å²) in [6.07, 6.45) is -4.63. The molecule has 2 rings (SSSR count). The summed E-state index contributed by atoms with van der Waals surface area (Å²) in [4.78, 5) is 36.6. The second-order valence-corrected chi connectivity index (χ2v) is 6.87. The van der Waals surface area contributed by atoms with Crippen LogP contribution in [0, 0.1) is 13.8 Å². The van der Waals surface area contributed by atoms with Crippen LogP contribution < -0.4 is 5.32 Å².